The van der Waals surface area contributed by atoms with Crippen molar-refractivity contribution in [1.29, 1.82) is 0 Å². The monoisotopic (exact) mass is 790 g/mol. The number of rotatable bonds is 36. The van der Waals surface area contributed by atoms with Crippen molar-refractivity contribution in [3.63, 3.8) is 0 Å². The van der Waals surface area contributed by atoms with Crippen LogP contribution in [-0.2, 0) is 57.3 Å². The molecule has 19 heteroatoms. The molecule has 0 aromatic carbocycles. The molecule has 18 nitrogen and oxygen atoms in total. The quantitative estimate of drug-likeness (QED) is 0.0428. The Balaban J connectivity index is 3.66. The number of thioether (sulfide) groups is 1. The molecule has 0 aliphatic carbocycles. The number of carbonyl (C=O) groups excluding carboxylic acids is 8. The second kappa shape index (κ2) is 34.0. The van der Waals surface area contributed by atoms with Gasteiger partial charge in [-0.1, -0.05) is 18.2 Å². The number of Topliss-reactive ketones (excluding diaryl/α,β-unsaturated/α-hetero) is 2. The molecule has 0 bridgehead atoms. The summed E-state index contributed by atoms with van der Waals surface area (Å²) in [4.78, 5) is 93.5. The first-order valence-corrected chi connectivity index (χ1v) is 19.4. The van der Waals surface area contributed by atoms with Gasteiger partial charge in [0, 0.05) is 58.3 Å². The van der Waals surface area contributed by atoms with Crippen molar-refractivity contribution < 1.29 is 57.3 Å². The highest BCUT2D eigenvalue weighted by atomic mass is 32.2. The molecule has 310 valence electrons. The summed E-state index contributed by atoms with van der Waals surface area (Å²) in [5.41, 5.74) is 10.6. The molecular formula is C35H62N6O12S. The Labute approximate surface area is 322 Å². The fraction of sp³-hybridized carbons (Fsp3) is 0.771. The van der Waals surface area contributed by atoms with E-state index in [0.29, 0.717) is 58.0 Å². The lowest BCUT2D eigenvalue weighted by Crippen LogP contribution is -2.36. The lowest BCUT2D eigenvalue weighted by molar-refractivity contribution is -0.127. The SMILES string of the molecule is CC(=O)SCC(=O)NCCCC[C@H](CC(=O)CCCC(=O)NCCOCCOCC(=O)NCCOCCOCC(=O)NCCCC[C@H](N)C(N)=O)C(C)=O. The molecule has 5 amide bonds. The largest absolute Gasteiger partial charge is 0.377 e. The van der Waals surface area contributed by atoms with E-state index in [0.717, 1.165) is 11.8 Å². The fourth-order valence-electron chi connectivity index (χ4n) is 4.58. The molecule has 0 rings (SSSR count). The first kappa shape index (κ1) is 50.5. The summed E-state index contributed by atoms with van der Waals surface area (Å²) < 4.78 is 21.2. The van der Waals surface area contributed by atoms with E-state index in [1.165, 1.54) is 13.8 Å². The molecule has 2 atom stereocenters. The molecule has 0 aliphatic rings. The maximum Gasteiger partial charge on any atom is 0.246 e. The Morgan fingerprint density at radius 1 is 0.574 bits per heavy atom. The van der Waals surface area contributed by atoms with Gasteiger partial charge in [0.1, 0.15) is 24.8 Å². The topological polar surface area (TPSA) is 274 Å². The summed E-state index contributed by atoms with van der Waals surface area (Å²) in [6.07, 6.45) is 4.57. The Morgan fingerprint density at radius 2 is 1.07 bits per heavy atom. The molecular weight excluding hydrogens is 728 g/mol. The van der Waals surface area contributed by atoms with Gasteiger partial charge in [0.2, 0.25) is 29.5 Å². The fourth-order valence-corrected chi connectivity index (χ4v) is 5.01. The van der Waals surface area contributed by atoms with Gasteiger partial charge >= 0.3 is 0 Å². The van der Waals surface area contributed by atoms with E-state index in [1.54, 1.807) is 0 Å². The van der Waals surface area contributed by atoms with E-state index in [-0.39, 0.29) is 137 Å². The van der Waals surface area contributed by atoms with Crippen LogP contribution in [0.2, 0.25) is 0 Å². The van der Waals surface area contributed by atoms with Gasteiger partial charge in [0.05, 0.1) is 51.4 Å². The summed E-state index contributed by atoms with van der Waals surface area (Å²) in [7, 11) is 0. The predicted octanol–water partition coefficient (Wildman–Crippen LogP) is -0.715. The molecule has 0 aromatic rings. The average Bonchev–Trinajstić information content (AvgIpc) is 3.11. The Bertz CT molecular complexity index is 1150. The Hall–Kier alpha value is -3.49. The molecule has 0 aliphatic heterocycles. The van der Waals surface area contributed by atoms with Crippen LogP contribution in [0.25, 0.3) is 0 Å². The van der Waals surface area contributed by atoms with Crippen molar-refractivity contribution in [2.75, 3.05) is 84.8 Å². The average molecular weight is 791 g/mol. The number of amides is 5. The van der Waals surface area contributed by atoms with Gasteiger partial charge in [-0.05, 0) is 45.4 Å². The van der Waals surface area contributed by atoms with Crippen LogP contribution in [-0.4, -0.2) is 137 Å². The number of nitrogens with two attached hydrogens (primary N) is 2. The van der Waals surface area contributed by atoms with E-state index in [4.69, 9.17) is 30.4 Å². The third-order valence-corrected chi connectivity index (χ3v) is 8.41. The van der Waals surface area contributed by atoms with Gasteiger partial charge in [-0.25, -0.2) is 0 Å². The van der Waals surface area contributed by atoms with Crippen LogP contribution >= 0.6 is 11.8 Å². The number of ether oxygens (including phenoxy) is 4. The van der Waals surface area contributed by atoms with Gasteiger partial charge in [0.25, 0.3) is 0 Å². The van der Waals surface area contributed by atoms with Crippen molar-refractivity contribution in [3.8, 4) is 0 Å². The number of ketones is 2. The molecule has 0 fully saturated rings. The second-order valence-corrected chi connectivity index (χ2v) is 13.6. The maximum atomic E-state index is 12.4. The van der Waals surface area contributed by atoms with Crippen LogP contribution in [0.4, 0.5) is 0 Å². The zero-order chi connectivity index (χ0) is 40.4. The molecule has 0 spiro atoms. The van der Waals surface area contributed by atoms with E-state index >= 15 is 0 Å². The van der Waals surface area contributed by atoms with Crippen molar-refractivity contribution in [1.82, 2.24) is 21.3 Å². The number of primary amides is 1. The minimum absolute atomic E-state index is 0.0606. The summed E-state index contributed by atoms with van der Waals surface area (Å²) >= 11 is 0.947. The highest BCUT2D eigenvalue weighted by Crippen LogP contribution is 2.16. The summed E-state index contributed by atoms with van der Waals surface area (Å²) in [5.74, 6) is -1.97. The van der Waals surface area contributed by atoms with Crippen molar-refractivity contribution >= 4 is 58.0 Å². The third-order valence-electron chi connectivity index (χ3n) is 7.59. The molecule has 0 aromatic heterocycles. The molecule has 0 saturated heterocycles. The van der Waals surface area contributed by atoms with E-state index in [2.05, 4.69) is 21.3 Å². The van der Waals surface area contributed by atoms with Crippen molar-refractivity contribution in [3.05, 3.63) is 0 Å². The zero-order valence-corrected chi connectivity index (χ0v) is 32.7. The summed E-state index contributed by atoms with van der Waals surface area (Å²) in [5, 5.41) is 10.7. The number of nitrogens with one attached hydrogen (secondary N) is 4. The first-order valence-electron chi connectivity index (χ1n) is 18.4. The van der Waals surface area contributed by atoms with Crippen LogP contribution in [0.1, 0.15) is 78.1 Å². The molecule has 54 heavy (non-hydrogen) atoms. The van der Waals surface area contributed by atoms with Gasteiger partial charge in [0.15, 0.2) is 5.12 Å². The smallest absolute Gasteiger partial charge is 0.246 e. The van der Waals surface area contributed by atoms with Crippen LogP contribution in [0.3, 0.4) is 0 Å². The summed E-state index contributed by atoms with van der Waals surface area (Å²) in [6.45, 7) is 5.46. The standard InChI is InChI=1S/C35H62N6O12S/c1-26(42)28(8-3-5-13-39-34(48)25-54-27(2)43)22-29(44)9-7-11-31(45)40-14-16-50-18-21-53-24-33(47)41-15-17-51-19-20-52-23-32(46)38-12-6-4-10-30(36)35(37)49/h28,30H,3-25,36H2,1-2H3,(H2,37,49)(H,38,46)(H,39,48)(H,40,45)(H,41,47)/t28-,30+/m1/s1. The molecule has 0 radical (unpaired) electrons. The van der Waals surface area contributed by atoms with Crippen molar-refractivity contribution in [2.24, 2.45) is 17.4 Å². The number of hydrogen-bond donors (Lipinski definition) is 6. The highest BCUT2D eigenvalue weighted by Gasteiger charge is 2.18. The van der Waals surface area contributed by atoms with E-state index < -0.39 is 11.9 Å². The van der Waals surface area contributed by atoms with Gasteiger partial charge in [-0.3, -0.25) is 38.4 Å². The molecule has 0 unspecified atom stereocenters. The van der Waals surface area contributed by atoms with Gasteiger partial charge in [-0.2, -0.15) is 0 Å². The minimum Gasteiger partial charge on any atom is -0.377 e. The van der Waals surface area contributed by atoms with E-state index in [9.17, 15) is 38.4 Å². The molecule has 0 saturated carbocycles. The molecule has 0 heterocycles. The Morgan fingerprint density at radius 3 is 1.61 bits per heavy atom. The van der Waals surface area contributed by atoms with Gasteiger partial charge in [-0.15, -0.1) is 0 Å². The van der Waals surface area contributed by atoms with Gasteiger partial charge < -0.3 is 51.7 Å². The number of hydrogen-bond acceptors (Lipinski definition) is 14. The third kappa shape index (κ3) is 33.1. The Kier molecular flexibility index (Phi) is 31.8. The van der Waals surface area contributed by atoms with Crippen LogP contribution in [0.5, 0.6) is 0 Å². The number of carbonyl (C=O) groups is 8. The van der Waals surface area contributed by atoms with Crippen LogP contribution in [0, 0.1) is 5.92 Å². The zero-order valence-electron chi connectivity index (χ0n) is 31.9. The number of unbranched alkanes of at least 4 members (excludes halogenated alkanes) is 2. The molecule has 8 N–H and O–H groups in total. The summed E-state index contributed by atoms with van der Waals surface area (Å²) in [6, 6.07) is -0.671. The maximum absolute atomic E-state index is 12.4. The lowest BCUT2D eigenvalue weighted by atomic mass is 9.91. The highest BCUT2D eigenvalue weighted by molar-refractivity contribution is 8.14. The normalized spacial score (nSPS) is 12.0. The minimum atomic E-state index is -0.671. The van der Waals surface area contributed by atoms with E-state index in [1.807, 2.05) is 0 Å². The lowest BCUT2D eigenvalue weighted by Gasteiger charge is -2.13. The van der Waals surface area contributed by atoms with Crippen LogP contribution in [0.15, 0.2) is 0 Å². The van der Waals surface area contributed by atoms with Crippen molar-refractivity contribution in [2.45, 2.75) is 84.1 Å². The first-order chi connectivity index (χ1) is 25.8. The van der Waals surface area contributed by atoms with Crippen LogP contribution < -0.4 is 32.7 Å². The second-order valence-electron chi connectivity index (χ2n) is 12.4. The predicted molar refractivity (Wildman–Crippen MR) is 201 cm³/mol.